The van der Waals surface area contributed by atoms with E-state index in [0.29, 0.717) is 19.4 Å². The molecular weight excluding hydrogens is 322 g/mol. The van der Waals surface area contributed by atoms with Crippen molar-refractivity contribution in [3.63, 3.8) is 0 Å². The molecule has 1 aromatic rings. The summed E-state index contributed by atoms with van der Waals surface area (Å²) in [5.41, 5.74) is 2.47. The van der Waals surface area contributed by atoms with E-state index in [1.165, 1.54) is 44.1 Å². The number of unbranched alkanes of at least 4 members (excludes halogenated alkanes) is 5. The second-order valence-corrected chi connectivity index (χ2v) is 6.94. The summed E-state index contributed by atoms with van der Waals surface area (Å²) in [4.78, 5) is 12.2. The van der Waals surface area contributed by atoms with Gasteiger partial charge in [0.2, 0.25) is 0 Å². The van der Waals surface area contributed by atoms with Crippen molar-refractivity contribution in [2.45, 2.75) is 76.9 Å². The van der Waals surface area contributed by atoms with Crippen LogP contribution in [0, 0.1) is 0 Å². The molecule has 3 nitrogen and oxygen atoms in total. The number of nitrogens with two attached hydrogens (primary N) is 1. The molecule has 1 heterocycles. The Morgan fingerprint density at radius 2 is 1.71 bits per heavy atom. The van der Waals surface area contributed by atoms with Gasteiger partial charge in [-0.2, -0.15) is 0 Å². The molecule has 4 heteroatoms. The Morgan fingerprint density at radius 3 is 2.33 bits per heavy atom. The lowest BCUT2D eigenvalue weighted by Crippen LogP contribution is -3.00. The highest BCUT2D eigenvalue weighted by molar-refractivity contribution is 5.85. The molecule has 0 unspecified atom stereocenters. The number of benzene rings is 1. The topological polar surface area (TPSA) is 53.9 Å². The van der Waals surface area contributed by atoms with Crippen molar-refractivity contribution in [3.8, 4) is 0 Å². The van der Waals surface area contributed by atoms with Crippen LogP contribution in [0.5, 0.6) is 0 Å². The van der Waals surface area contributed by atoms with Gasteiger partial charge < -0.3 is 22.8 Å². The van der Waals surface area contributed by atoms with Gasteiger partial charge in [-0.15, -0.1) is 0 Å². The first kappa shape index (κ1) is 21.1. The van der Waals surface area contributed by atoms with Gasteiger partial charge in [-0.3, -0.25) is 4.79 Å². The van der Waals surface area contributed by atoms with Gasteiger partial charge in [-0.1, -0.05) is 63.3 Å². The van der Waals surface area contributed by atoms with Gasteiger partial charge >= 0.3 is 0 Å². The standard InChI is InChI=1S/C20H31NO2.ClH/c1-2-3-4-5-6-7-8-16-9-11-17(12-10-16)13-20(23)19-14-18(22)15-21-19;/h9-12,18-19,21-22H,2-8,13-15H2,1H3;1H/t18-,19+;/m1./s1. The molecule has 0 radical (unpaired) electrons. The zero-order chi connectivity index (χ0) is 16.5. The number of carbonyl (C=O) groups is 1. The largest absolute Gasteiger partial charge is 1.00 e. The van der Waals surface area contributed by atoms with Crippen molar-refractivity contribution < 1.29 is 27.6 Å². The highest BCUT2D eigenvalue weighted by atomic mass is 35.5. The van der Waals surface area contributed by atoms with Crippen LogP contribution in [-0.4, -0.2) is 29.6 Å². The Kier molecular flexibility index (Phi) is 10.2. The summed E-state index contributed by atoms with van der Waals surface area (Å²) in [5, 5.41) is 11.5. The number of aryl methyl sites for hydroxylation is 1. The van der Waals surface area contributed by atoms with Crippen molar-refractivity contribution in [2.24, 2.45) is 0 Å². The Morgan fingerprint density at radius 1 is 1.08 bits per heavy atom. The van der Waals surface area contributed by atoms with Gasteiger partial charge in [0.15, 0.2) is 5.78 Å². The van der Waals surface area contributed by atoms with Gasteiger partial charge in [0, 0.05) is 12.8 Å². The average molecular weight is 354 g/mol. The average Bonchev–Trinajstić information content (AvgIpc) is 2.99. The maximum atomic E-state index is 12.2. The molecule has 0 aliphatic carbocycles. The summed E-state index contributed by atoms with van der Waals surface area (Å²) in [7, 11) is 0. The zero-order valence-corrected chi connectivity index (χ0v) is 15.6. The van der Waals surface area contributed by atoms with E-state index in [1.807, 2.05) is 5.32 Å². The number of hydrogen-bond donors (Lipinski definition) is 2. The van der Waals surface area contributed by atoms with Gasteiger partial charge in [0.1, 0.15) is 18.7 Å². The second-order valence-electron chi connectivity index (χ2n) is 6.94. The number of ketones is 1. The molecule has 1 aliphatic heterocycles. The van der Waals surface area contributed by atoms with E-state index in [9.17, 15) is 9.90 Å². The van der Waals surface area contributed by atoms with Crippen LogP contribution in [0.1, 0.15) is 63.0 Å². The van der Waals surface area contributed by atoms with E-state index < -0.39 is 0 Å². The van der Waals surface area contributed by atoms with Gasteiger partial charge in [-0.25, -0.2) is 0 Å². The first-order valence-corrected chi connectivity index (χ1v) is 9.31. The van der Waals surface area contributed by atoms with Gasteiger partial charge in [-0.05, 0) is 24.0 Å². The summed E-state index contributed by atoms with van der Waals surface area (Å²) >= 11 is 0. The Balaban J connectivity index is 0.00000288. The van der Waals surface area contributed by atoms with Gasteiger partial charge in [0.05, 0.1) is 0 Å². The third kappa shape index (κ3) is 7.33. The highest BCUT2D eigenvalue weighted by Gasteiger charge is 2.31. The minimum Gasteiger partial charge on any atom is -1.00 e. The van der Waals surface area contributed by atoms with Crippen LogP contribution in [-0.2, 0) is 17.6 Å². The highest BCUT2D eigenvalue weighted by Crippen LogP contribution is 2.12. The molecule has 0 aromatic heterocycles. The van der Waals surface area contributed by atoms with Crippen molar-refractivity contribution in [1.29, 1.82) is 0 Å². The molecule has 1 aliphatic rings. The number of aliphatic hydroxyl groups excluding tert-OH is 1. The number of aliphatic hydroxyl groups is 1. The van der Waals surface area contributed by atoms with Crippen molar-refractivity contribution in [1.82, 2.24) is 0 Å². The van der Waals surface area contributed by atoms with Crippen molar-refractivity contribution >= 4 is 5.78 Å². The monoisotopic (exact) mass is 353 g/mol. The number of rotatable bonds is 10. The zero-order valence-electron chi connectivity index (χ0n) is 14.8. The van der Waals surface area contributed by atoms with Crippen LogP contribution < -0.4 is 17.7 Å². The number of carbonyl (C=O) groups excluding carboxylic acids is 1. The summed E-state index contributed by atoms with van der Waals surface area (Å²) in [6.07, 6.45) is 9.88. The maximum Gasteiger partial charge on any atom is 0.194 e. The number of halogens is 1. The van der Waals surface area contributed by atoms with E-state index in [2.05, 4.69) is 31.2 Å². The lowest BCUT2D eigenvalue weighted by atomic mass is 9.99. The molecule has 136 valence electrons. The summed E-state index contributed by atoms with van der Waals surface area (Å²) in [6, 6.07) is 8.47. The predicted molar refractivity (Wildman–Crippen MR) is 93.4 cm³/mol. The fraction of sp³-hybridized carbons (Fsp3) is 0.650. The molecule has 0 amide bonds. The summed E-state index contributed by atoms with van der Waals surface area (Å²) < 4.78 is 0. The van der Waals surface area contributed by atoms with Gasteiger partial charge in [0.25, 0.3) is 0 Å². The van der Waals surface area contributed by atoms with E-state index in [1.54, 1.807) is 0 Å². The Labute approximate surface area is 152 Å². The second kappa shape index (κ2) is 11.6. The lowest BCUT2D eigenvalue weighted by molar-refractivity contribution is -0.659. The molecular formula is C20H32ClNO2. The third-order valence-corrected chi connectivity index (χ3v) is 4.85. The molecule has 0 spiro atoms. The number of hydrogen-bond acceptors (Lipinski definition) is 2. The molecule has 0 saturated carbocycles. The molecule has 1 fully saturated rings. The smallest absolute Gasteiger partial charge is 0.194 e. The number of Topliss-reactive ketones (excluding diaryl/α,β-unsaturated/α-hetero) is 1. The molecule has 1 saturated heterocycles. The van der Waals surface area contributed by atoms with E-state index in [0.717, 1.165) is 12.0 Å². The molecule has 3 N–H and O–H groups in total. The Bertz CT molecular complexity index is 475. The molecule has 24 heavy (non-hydrogen) atoms. The fourth-order valence-electron chi connectivity index (χ4n) is 3.34. The molecule has 2 rings (SSSR count). The van der Waals surface area contributed by atoms with Crippen molar-refractivity contribution in [2.75, 3.05) is 6.54 Å². The first-order valence-electron chi connectivity index (χ1n) is 9.31. The minimum absolute atomic E-state index is 0. The fourth-order valence-corrected chi connectivity index (χ4v) is 3.34. The van der Waals surface area contributed by atoms with Crippen LogP contribution in [0.15, 0.2) is 24.3 Å². The summed E-state index contributed by atoms with van der Waals surface area (Å²) in [5.74, 6) is 0.241. The quantitative estimate of drug-likeness (QED) is 0.552. The van der Waals surface area contributed by atoms with E-state index in [4.69, 9.17) is 0 Å². The normalized spacial score (nSPS) is 19.9. The van der Waals surface area contributed by atoms with Crippen LogP contribution in [0.4, 0.5) is 0 Å². The predicted octanol–water partition coefficient (Wildman–Crippen LogP) is -0.598. The SMILES string of the molecule is CCCCCCCCc1ccc(CC(=O)[C@@H]2C[C@@H](O)C[NH2+]2)cc1.[Cl-]. The van der Waals surface area contributed by atoms with Crippen LogP contribution >= 0.6 is 0 Å². The maximum absolute atomic E-state index is 12.2. The minimum atomic E-state index is -0.316. The van der Waals surface area contributed by atoms with Crippen LogP contribution in [0.2, 0.25) is 0 Å². The molecule has 0 bridgehead atoms. The van der Waals surface area contributed by atoms with Crippen molar-refractivity contribution in [3.05, 3.63) is 35.4 Å². The van der Waals surface area contributed by atoms with E-state index >= 15 is 0 Å². The first-order chi connectivity index (χ1) is 11.2. The Hall–Kier alpha value is -0.900. The third-order valence-electron chi connectivity index (χ3n) is 4.85. The summed E-state index contributed by atoms with van der Waals surface area (Å²) in [6.45, 7) is 2.91. The lowest BCUT2D eigenvalue weighted by Gasteiger charge is -2.07. The molecule has 2 atom stereocenters. The molecule has 1 aromatic carbocycles. The van der Waals surface area contributed by atoms with Crippen LogP contribution in [0.3, 0.4) is 0 Å². The number of quaternary nitrogens is 1. The van der Waals surface area contributed by atoms with E-state index in [-0.39, 0.29) is 30.3 Å². The van der Waals surface area contributed by atoms with Crippen LogP contribution in [0.25, 0.3) is 0 Å².